The second-order valence-electron chi connectivity index (χ2n) is 5.53. The molecule has 0 saturated heterocycles. The molecular weight excluding hydrogens is 272 g/mol. The number of hydrogen-bond donors (Lipinski definition) is 0. The molecule has 0 amide bonds. The molecule has 0 N–H and O–H groups in total. The Morgan fingerprint density at radius 1 is 1.25 bits per heavy atom. The van der Waals surface area contributed by atoms with E-state index in [1.165, 1.54) is 44.0 Å². The number of benzene rings is 1. The summed E-state index contributed by atoms with van der Waals surface area (Å²) in [6, 6.07) is 6.67. The topological polar surface area (TPSA) is 27.1 Å². The van der Waals surface area contributed by atoms with Gasteiger partial charge in [0.05, 0.1) is 24.0 Å². The number of ether oxygens (including phenoxy) is 1. The first-order chi connectivity index (χ1) is 9.83. The molecular formula is C16H21ClN2O. The highest BCUT2D eigenvalue weighted by Gasteiger charge is 2.20. The molecule has 0 unspecified atom stereocenters. The van der Waals surface area contributed by atoms with Crippen LogP contribution in [-0.2, 0) is 5.88 Å². The highest BCUT2D eigenvalue weighted by atomic mass is 35.5. The van der Waals surface area contributed by atoms with Gasteiger partial charge in [-0.05, 0) is 25.0 Å². The number of imidazole rings is 1. The molecule has 1 aliphatic rings. The van der Waals surface area contributed by atoms with Crippen LogP contribution in [-0.4, -0.2) is 16.7 Å². The van der Waals surface area contributed by atoms with Gasteiger partial charge in [0.15, 0.2) is 0 Å². The van der Waals surface area contributed by atoms with E-state index in [2.05, 4.69) is 10.6 Å². The number of nitrogens with zero attached hydrogens (tertiary/aromatic N) is 2. The van der Waals surface area contributed by atoms with Crippen LogP contribution >= 0.6 is 11.6 Å². The van der Waals surface area contributed by atoms with E-state index in [9.17, 15) is 0 Å². The van der Waals surface area contributed by atoms with Crippen LogP contribution in [0, 0.1) is 0 Å². The first kappa shape index (κ1) is 13.7. The summed E-state index contributed by atoms with van der Waals surface area (Å²) in [5.41, 5.74) is 2.18. The monoisotopic (exact) mass is 292 g/mol. The fraction of sp³-hybridized carbons (Fsp3) is 0.562. The van der Waals surface area contributed by atoms with Crippen LogP contribution < -0.4 is 4.74 Å². The van der Waals surface area contributed by atoms with E-state index in [1.54, 1.807) is 7.11 Å². The fourth-order valence-corrected chi connectivity index (χ4v) is 3.46. The van der Waals surface area contributed by atoms with Gasteiger partial charge in [0, 0.05) is 12.1 Å². The van der Waals surface area contributed by atoms with E-state index in [0.29, 0.717) is 11.9 Å². The van der Waals surface area contributed by atoms with Gasteiger partial charge in [0.1, 0.15) is 11.6 Å². The summed E-state index contributed by atoms with van der Waals surface area (Å²) in [5, 5.41) is 0. The van der Waals surface area contributed by atoms with Crippen molar-refractivity contribution in [1.82, 2.24) is 9.55 Å². The molecule has 1 saturated carbocycles. The average molecular weight is 293 g/mol. The third kappa shape index (κ3) is 2.51. The Balaban J connectivity index is 2.07. The summed E-state index contributed by atoms with van der Waals surface area (Å²) in [5.74, 6) is 2.30. The summed E-state index contributed by atoms with van der Waals surface area (Å²) < 4.78 is 7.66. The van der Waals surface area contributed by atoms with Gasteiger partial charge < -0.3 is 9.30 Å². The zero-order valence-corrected chi connectivity index (χ0v) is 12.7. The maximum atomic E-state index is 6.12. The Labute approximate surface area is 124 Å². The molecule has 20 heavy (non-hydrogen) atoms. The van der Waals surface area contributed by atoms with Crippen LogP contribution in [0.5, 0.6) is 5.75 Å². The van der Waals surface area contributed by atoms with Gasteiger partial charge in [-0.2, -0.15) is 0 Å². The molecule has 108 valence electrons. The fourth-order valence-electron chi connectivity index (χ4n) is 3.27. The number of alkyl halides is 1. The van der Waals surface area contributed by atoms with E-state index in [1.807, 2.05) is 12.1 Å². The van der Waals surface area contributed by atoms with Crippen molar-refractivity contribution in [2.45, 2.75) is 50.4 Å². The van der Waals surface area contributed by atoms with Crippen molar-refractivity contribution in [2.24, 2.45) is 0 Å². The normalized spacial score (nSPS) is 17.3. The van der Waals surface area contributed by atoms with E-state index in [0.717, 1.165) is 17.1 Å². The Bertz CT molecular complexity index is 585. The second-order valence-corrected chi connectivity index (χ2v) is 5.80. The van der Waals surface area contributed by atoms with E-state index in [-0.39, 0.29) is 0 Å². The van der Waals surface area contributed by atoms with Gasteiger partial charge in [-0.1, -0.05) is 25.7 Å². The lowest BCUT2D eigenvalue weighted by Crippen LogP contribution is -2.11. The summed E-state index contributed by atoms with van der Waals surface area (Å²) in [7, 11) is 1.69. The minimum absolute atomic E-state index is 0.466. The number of aromatic nitrogens is 2. The predicted molar refractivity (Wildman–Crippen MR) is 82.6 cm³/mol. The Kier molecular flexibility index (Phi) is 4.16. The van der Waals surface area contributed by atoms with Crippen LogP contribution in [0.2, 0.25) is 0 Å². The van der Waals surface area contributed by atoms with Crippen LogP contribution in [0.1, 0.15) is 50.4 Å². The zero-order chi connectivity index (χ0) is 13.9. The van der Waals surface area contributed by atoms with Crippen molar-refractivity contribution in [1.29, 1.82) is 0 Å². The Morgan fingerprint density at radius 3 is 2.65 bits per heavy atom. The van der Waals surface area contributed by atoms with Gasteiger partial charge in [-0.25, -0.2) is 4.98 Å². The van der Waals surface area contributed by atoms with E-state index < -0.39 is 0 Å². The molecule has 1 aromatic carbocycles. The smallest absolute Gasteiger partial charge is 0.125 e. The molecule has 0 bridgehead atoms. The summed E-state index contributed by atoms with van der Waals surface area (Å²) in [6.45, 7) is 0. The molecule has 0 radical (unpaired) electrons. The molecule has 4 heteroatoms. The van der Waals surface area contributed by atoms with Gasteiger partial charge in [-0.15, -0.1) is 11.6 Å². The predicted octanol–water partition coefficient (Wildman–Crippen LogP) is 4.68. The van der Waals surface area contributed by atoms with Crippen LogP contribution in [0.25, 0.3) is 11.0 Å². The molecule has 0 spiro atoms. The highest BCUT2D eigenvalue weighted by Crippen LogP contribution is 2.33. The zero-order valence-electron chi connectivity index (χ0n) is 11.9. The number of rotatable bonds is 3. The number of fused-ring (bicyclic) bond motifs is 1. The lowest BCUT2D eigenvalue weighted by Gasteiger charge is -2.19. The lowest BCUT2D eigenvalue weighted by molar-refractivity contribution is 0.415. The minimum Gasteiger partial charge on any atom is -0.497 e. The molecule has 1 aliphatic carbocycles. The summed E-state index contributed by atoms with van der Waals surface area (Å²) in [4.78, 5) is 4.70. The van der Waals surface area contributed by atoms with Crippen molar-refractivity contribution in [2.75, 3.05) is 7.11 Å². The Morgan fingerprint density at radius 2 is 2.00 bits per heavy atom. The molecule has 1 fully saturated rings. The Hall–Kier alpha value is -1.22. The number of methoxy groups -OCH3 is 1. The van der Waals surface area contributed by atoms with Crippen LogP contribution in [0.3, 0.4) is 0 Å². The maximum absolute atomic E-state index is 6.12. The third-order valence-electron chi connectivity index (χ3n) is 4.28. The lowest BCUT2D eigenvalue weighted by atomic mass is 10.1. The van der Waals surface area contributed by atoms with Gasteiger partial charge in [-0.3, -0.25) is 0 Å². The molecule has 3 nitrogen and oxygen atoms in total. The van der Waals surface area contributed by atoms with Crippen LogP contribution in [0.15, 0.2) is 18.2 Å². The van der Waals surface area contributed by atoms with Gasteiger partial charge in [0.2, 0.25) is 0 Å². The largest absolute Gasteiger partial charge is 0.497 e. The number of halogens is 1. The molecule has 1 heterocycles. The van der Waals surface area contributed by atoms with Gasteiger partial charge >= 0.3 is 0 Å². The molecule has 0 atom stereocenters. The molecule has 3 rings (SSSR count). The van der Waals surface area contributed by atoms with Crippen molar-refractivity contribution < 1.29 is 4.74 Å². The second kappa shape index (κ2) is 6.04. The standard InChI is InChI=1S/C16H21ClN2O/c1-20-13-8-9-15-14(10-13)18-16(11-17)19(15)12-6-4-2-3-5-7-12/h8-10,12H,2-7,11H2,1H3. The molecule has 2 aromatic rings. The van der Waals surface area contributed by atoms with Crippen molar-refractivity contribution in [3.05, 3.63) is 24.0 Å². The summed E-state index contributed by atoms with van der Waals surface area (Å²) >= 11 is 6.12. The van der Waals surface area contributed by atoms with Gasteiger partial charge in [0.25, 0.3) is 0 Å². The molecule has 0 aliphatic heterocycles. The maximum Gasteiger partial charge on any atom is 0.125 e. The average Bonchev–Trinajstić information content (AvgIpc) is 2.65. The summed E-state index contributed by atoms with van der Waals surface area (Å²) in [6.07, 6.45) is 7.80. The van der Waals surface area contributed by atoms with Crippen LogP contribution in [0.4, 0.5) is 0 Å². The minimum atomic E-state index is 0.466. The number of hydrogen-bond acceptors (Lipinski definition) is 2. The first-order valence-corrected chi connectivity index (χ1v) is 7.97. The first-order valence-electron chi connectivity index (χ1n) is 7.44. The van der Waals surface area contributed by atoms with E-state index >= 15 is 0 Å². The van der Waals surface area contributed by atoms with Crippen molar-refractivity contribution in [3.8, 4) is 5.75 Å². The molecule has 1 aromatic heterocycles. The third-order valence-corrected chi connectivity index (χ3v) is 4.52. The SMILES string of the molecule is COc1ccc2c(c1)nc(CCl)n2C1CCCCCC1. The van der Waals surface area contributed by atoms with Crippen molar-refractivity contribution >= 4 is 22.6 Å². The highest BCUT2D eigenvalue weighted by molar-refractivity contribution is 6.16. The van der Waals surface area contributed by atoms with E-state index in [4.69, 9.17) is 21.3 Å². The van der Waals surface area contributed by atoms with Crippen molar-refractivity contribution in [3.63, 3.8) is 0 Å². The quantitative estimate of drug-likeness (QED) is 0.607.